The molecule has 4 heteroatoms. The van der Waals surface area contributed by atoms with Gasteiger partial charge in [0.25, 0.3) is 0 Å². The van der Waals surface area contributed by atoms with Crippen LogP contribution in [0.3, 0.4) is 0 Å². The van der Waals surface area contributed by atoms with E-state index in [0.717, 1.165) is 29.1 Å². The van der Waals surface area contributed by atoms with Gasteiger partial charge in [-0.05, 0) is 26.8 Å². The number of nitrogens with one attached hydrogen (secondary N) is 1. The second kappa shape index (κ2) is 4.61. The van der Waals surface area contributed by atoms with Crippen molar-refractivity contribution >= 4 is 0 Å². The molecule has 0 aromatic carbocycles. The smallest absolute Gasteiger partial charge is 0.130 e. The molecule has 1 saturated heterocycles. The van der Waals surface area contributed by atoms with Crippen molar-refractivity contribution in [2.75, 3.05) is 20.2 Å². The van der Waals surface area contributed by atoms with Gasteiger partial charge in [-0.2, -0.15) is 0 Å². The number of halogens is 1. The van der Waals surface area contributed by atoms with Crippen molar-refractivity contribution in [2.24, 2.45) is 0 Å². The molecule has 1 unspecified atom stereocenters. The Bertz CT molecular complexity index is 414. The van der Waals surface area contributed by atoms with Gasteiger partial charge >= 0.3 is 0 Å². The first-order chi connectivity index (χ1) is 8.06. The predicted molar refractivity (Wildman–Crippen MR) is 65.3 cm³/mol. The molecular weight excluding hydrogens is 219 g/mol. The van der Waals surface area contributed by atoms with Crippen LogP contribution in [0.1, 0.15) is 23.2 Å². The van der Waals surface area contributed by atoms with E-state index in [1.807, 2.05) is 13.8 Å². The predicted octanol–water partition coefficient (Wildman–Crippen LogP) is 1.95. The zero-order valence-corrected chi connectivity index (χ0v) is 10.6. The minimum atomic E-state index is -1.15. The molecule has 2 rings (SSSR count). The van der Waals surface area contributed by atoms with Gasteiger partial charge in [-0.1, -0.05) is 0 Å². The molecule has 1 aromatic rings. The van der Waals surface area contributed by atoms with Gasteiger partial charge in [-0.25, -0.2) is 4.39 Å². The average Bonchev–Trinajstić information content (AvgIpc) is 2.71. The number of methoxy groups -OCH3 is 1. The van der Waals surface area contributed by atoms with Crippen molar-refractivity contribution in [1.29, 1.82) is 0 Å². The van der Waals surface area contributed by atoms with E-state index in [1.165, 1.54) is 0 Å². The van der Waals surface area contributed by atoms with E-state index < -0.39 is 5.67 Å². The first-order valence-electron chi connectivity index (χ1n) is 5.94. The lowest BCUT2D eigenvalue weighted by atomic mass is 9.95. The molecule has 3 nitrogen and oxygen atoms in total. The summed E-state index contributed by atoms with van der Waals surface area (Å²) in [7, 11) is 1.64. The fourth-order valence-corrected chi connectivity index (χ4v) is 2.41. The Morgan fingerprint density at radius 1 is 1.53 bits per heavy atom. The molecule has 0 radical (unpaired) electrons. The summed E-state index contributed by atoms with van der Waals surface area (Å²) >= 11 is 0. The third-order valence-corrected chi connectivity index (χ3v) is 3.43. The largest absolute Gasteiger partial charge is 0.496 e. The number of alkyl halides is 1. The van der Waals surface area contributed by atoms with E-state index in [9.17, 15) is 4.39 Å². The Morgan fingerprint density at radius 2 is 2.29 bits per heavy atom. The first kappa shape index (κ1) is 12.3. The number of pyridine rings is 1. The first-order valence-corrected chi connectivity index (χ1v) is 5.94. The second-order valence-electron chi connectivity index (χ2n) is 4.80. The summed E-state index contributed by atoms with van der Waals surface area (Å²) in [5, 5.41) is 3.06. The molecule has 0 bridgehead atoms. The van der Waals surface area contributed by atoms with Crippen LogP contribution in [0.4, 0.5) is 4.39 Å². The van der Waals surface area contributed by atoms with Crippen LogP contribution < -0.4 is 10.1 Å². The van der Waals surface area contributed by atoms with Crippen molar-refractivity contribution in [2.45, 2.75) is 32.4 Å². The van der Waals surface area contributed by atoms with Crippen LogP contribution in [0, 0.1) is 13.8 Å². The summed E-state index contributed by atoms with van der Waals surface area (Å²) in [6.07, 6.45) is 2.68. The Hall–Kier alpha value is -1.16. The van der Waals surface area contributed by atoms with Crippen molar-refractivity contribution < 1.29 is 9.13 Å². The fraction of sp³-hybridized carbons (Fsp3) is 0.615. The number of aryl methyl sites for hydroxylation is 1. The summed E-state index contributed by atoms with van der Waals surface area (Å²) in [4.78, 5) is 4.35. The summed E-state index contributed by atoms with van der Waals surface area (Å²) < 4.78 is 19.7. The molecule has 94 valence electrons. The number of hydrogen-bond acceptors (Lipinski definition) is 3. The summed E-state index contributed by atoms with van der Waals surface area (Å²) in [5.74, 6) is 0.824. The minimum Gasteiger partial charge on any atom is -0.496 e. The van der Waals surface area contributed by atoms with Crippen LogP contribution in [0.25, 0.3) is 0 Å². The zero-order chi connectivity index (χ0) is 12.5. The SMILES string of the molecule is COc1c(C)cnc(CC2(F)CCNC2)c1C. The van der Waals surface area contributed by atoms with Crippen LogP contribution in [0.15, 0.2) is 6.20 Å². The van der Waals surface area contributed by atoms with Crippen LogP contribution in [0.2, 0.25) is 0 Å². The van der Waals surface area contributed by atoms with Gasteiger partial charge in [0.05, 0.1) is 12.8 Å². The average molecular weight is 238 g/mol. The Kier molecular flexibility index (Phi) is 3.33. The molecule has 0 saturated carbocycles. The maximum absolute atomic E-state index is 14.4. The summed E-state index contributed by atoms with van der Waals surface area (Å²) in [6.45, 7) is 5.06. The van der Waals surface area contributed by atoms with Crippen LogP contribution >= 0.6 is 0 Å². The molecule has 2 heterocycles. The van der Waals surface area contributed by atoms with Gasteiger partial charge in [0.15, 0.2) is 0 Å². The molecule has 1 aliphatic rings. The Morgan fingerprint density at radius 3 is 2.88 bits per heavy atom. The molecular formula is C13H19FN2O. The van der Waals surface area contributed by atoms with Crippen molar-refractivity contribution in [3.63, 3.8) is 0 Å². The van der Waals surface area contributed by atoms with E-state index in [-0.39, 0.29) is 0 Å². The number of hydrogen-bond donors (Lipinski definition) is 1. The molecule has 1 N–H and O–H groups in total. The van der Waals surface area contributed by atoms with E-state index in [0.29, 0.717) is 19.4 Å². The van der Waals surface area contributed by atoms with Crippen molar-refractivity contribution in [3.05, 3.63) is 23.0 Å². The van der Waals surface area contributed by atoms with Crippen LogP contribution in [-0.4, -0.2) is 30.9 Å². The molecule has 17 heavy (non-hydrogen) atoms. The molecule has 0 spiro atoms. The molecule has 0 aliphatic carbocycles. The monoisotopic (exact) mass is 238 g/mol. The quantitative estimate of drug-likeness (QED) is 0.874. The lowest BCUT2D eigenvalue weighted by Gasteiger charge is -2.20. The highest BCUT2D eigenvalue weighted by Gasteiger charge is 2.34. The van der Waals surface area contributed by atoms with Gasteiger partial charge in [-0.3, -0.25) is 4.98 Å². The normalized spacial score (nSPS) is 24.0. The van der Waals surface area contributed by atoms with Gasteiger partial charge in [-0.15, -0.1) is 0 Å². The molecule has 1 aliphatic heterocycles. The lowest BCUT2D eigenvalue weighted by Crippen LogP contribution is -2.29. The second-order valence-corrected chi connectivity index (χ2v) is 4.80. The van der Waals surface area contributed by atoms with Crippen LogP contribution in [0.5, 0.6) is 5.75 Å². The highest BCUT2D eigenvalue weighted by Crippen LogP contribution is 2.30. The summed E-state index contributed by atoms with van der Waals surface area (Å²) in [5.41, 5.74) is 1.60. The molecule has 1 aromatic heterocycles. The Balaban J connectivity index is 2.27. The van der Waals surface area contributed by atoms with Crippen LogP contribution in [-0.2, 0) is 6.42 Å². The topological polar surface area (TPSA) is 34.1 Å². The Labute approximate surface area is 101 Å². The molecule has 1 fully saturated rings. The zero-order valence-electron chi connectivity index (χ0n) is 10.6. The third kappa shape index (κ3) is 2.41. The van der Waals surface area contributed by atoms with Crippen molar-refractivity contribution in [3.8, 4) is 5.75 Å². The summed E-state index contributed by atoms with van der Waals surface area (Å²) in [6, 6.07) is 0. The highest BCUT2D eigenvalue weighted by atomic mass is 19.1. The third-order valence-electron chi connectivity index (χ3n) is 3.43. The van der Waals surface area contributed by atoms with E-state index in [4.69, 9.17) is 4.74 Å². The standard InChI is InChI=1S/C13H19FN2O/c1-9-7-16-11(10(2)12(9)17-3)6-13(14)4-5-15-8-13/h7,15H,4-6,8H2,1-3H3. The maximum Gasteiger partial charge on any atom is 0.130 e. The molecule has 0 amide bonds. The minimum absolute atomic E-state index is 0.364. The van der Waals surface area contributed by atoms with E-state index >= 15 is 0 Å². The van der Waals surface area contributed by atoms with Crippen molar-refractivity contribution in [1.82, 2.24) is 10.3 Å². The van der Waals surface area contributed by atoms with E-state index in [1.54, 1.807) is 13.3 Å². The van der Waals surface area contributed by atoms with Gasteiger partial charge in [0.2, 0.25) is 0 Å². The van der Waals surface area contributed by atoms with Gasteiger partial charge in [0.1, 0.15) is 11.4 Å². The number of aromatic nitrogens is 1. The fourth-order valence-electron chi connectivity index (χ4n) is 2.41. The molecule has 1 atom stereocenters. The highest BCUT2D eigenvalue weighted by molar-refractivity contribution is 5.41. The van der Waals surface area contributed by atoms with Gasteiger partial charge in [0, 0.05) is 30.3 Å². The van der Waals surface area contributed by atoms with Gasteiger partial charge < -0.3 is 10.1 Å². The lowest BCUT2D eigenvalue weighted by molar-refractivity contribution is 0.188. The maximum atomic E-state index is 14.4. The number of rotatable bonds is 3. The number of nitrogens with zero attached hydrogens (tertiary/aromatic N) is 1. The van der Waals surface area contributed by atoms with E-state index in [2.05, 4.69) is 10.3 Å². The number of ether oxygens (including phenoxy) is 1.